The fraction of sp³-hybridized carbons (Fsp3) is 0.562. The van der Waals surface area contributed by atoms with Gasteiger partial charge in [-0.05, 0) is 49.4 Å². The van der Waals surface area contributed by atoms with Crippen molar-refractivity contribution in [1.29, 1.82) is 0 Å². The van der Waals surface area contributed by atoms with Crippen LogP contribution in [0.25, 0.3) is 0 Å². The third-order valence-electron chi connectivity index (χ3n) is 4.88. The van der Waals surface area contributed by atoms with Crippen LogP contribution in [0, 0.1) is 5.41 Å². The zero-order valence-electron chi connectivity index (χ0n) is 12.2. The van der Waals surface area contributed by atoms with E-state index < -0.39 is 11.7 Å². The van der Waals surface area contributed by atoms with Crippen molar-refractivity contribution in [2.45, 2.75) is 25.4 Å². The second-order valence-electron chi connectivity index (χ2n) is 6.30. The molecule has 2 aliphatic rings. The Morgan fingerprint density at radius 2 is 1.91 bits per heavy atom. The number of likely N-dealkylation sites (tertiary alicyclic amines) is 1. The number of rotatable bonds is 1. The van der Waals surface area contributed by atoms with Crippen LogP contribution in [0.15, 0.2) is 24.3 Å². The number of amides is 1. The molecule has 1 amide bonds. The molecule has 2 fully saturated rings. The minimum Gasteiger partial charge on any atom is -0.339 e. The molecular weight excluding hydrogens is 293 g/mol. The van der Waals surface area contributed by atoms with E-state index in [0.29, 0.717) is 13.1 Å². The van der Waals surface area contributed by atoms with Crippen molar-refractivity contribution in [2.75, 3.05) is 26.2 Å². The van der Waals surface area contributed by atoms with Crippen molar-refractivity contribution >= 4 is 5.91 Å². The van der Waals surface area contributed by atoms with Crippen LogP contribution in [0.3, 0.4) is 0 Å². The van der Waals surface area contributed by atoms with Crippen molar-refractivity contribution in [1.82, 2.24) is 10.2 Å². The number of alkyl halides is 3. The van der Waals surface area contributed by atoms with Crippen LogP contribution >= 0.6 is 0 Å². The second kappa shape index (κ2) is 5.57. The molecule has 2 heterocycles. The van der Waals surface area contributed by atoms with Gasteiger partial charge in [-0.25, -0.2) is 0 Å². The number of hydrogen-bond donors (Lipinski definition) is 1. The molecule has 0 radical (unpaired) electrons. The third kappa shape index (κ3) is 2.97. The number of hydrogen-bond acceptors (Lipinski definition) is 2. The van der Waals surface area contributed by atoms with E-state index in [0.717, 1.165) is 44.5 Å². The van der Waals surface area contributed by atoms with Crippen LogP contribution in [-0.2, 0) is 6.18 Å². The van der Waals surface area contributed by atoms with Gasteiger partial charge in [0.05, 0.1) is 5.56 Å². The van der Waals surface area contributed by atoms with Crippen molar-refractivity contribution < 1.29 is 18.0 Å². The summed E-state index contributed by atoms with van der Waals surface area (Å²) in [7, 11) is 0. The molecule has 6 heteroatoms. The molecule has 1 N–H and O–H groups in total. The zero-order chi connectivity index (χ0) is 15.8. The number of carbonyl (C=O) groups excluding carboxylic acids is 1. The van der Waals surface area contributed by atoms with Gasteiger partial charge in [0.25, 0.3) is 5.91 Å². The molecule has 3 nitrogen and oxygen atoms in total. The van der Waals surface area contributed by atoms with E-state index in [4.69, 9.17) is 0 Å². The maximum Gasteiger partial charge on any atom is 0.416 e. The summed E-state index contributed by atoms with van der Waals surface area (Å²) in [6.45, 7) is 3.24. The Hall–Kier alpha value is -1.56. The molecule has 2 aliphatic heterocycles. The van der Waals surface area contributed by atoms with Gasteiger partial charge >= 0.3 is 6.18 Å². The first-order chi connectivity index (χ1) is 10.4. The Morgan fingerprint density at radius 3 is 2.50 bits per heavy atom. The summed E-state index contributed by atoms with van der Waals surface area (Å²) >= 11 is 0. The predicted molar refractivity (Wildman–Crippen MR) is 76.5 cm³/mol. The second-order valence-corrected chi connectivity index (χ2v) is 6.30. The van der Waals surface area contributed by atoms with E-state index in [1.165, 1.54) is 12.1 Å². The molecule has 1 spiro atoms. The lowest BCUT2D eigenvalue weighted by molar-refractivity contribution is -0.137. The molecule has 0 aromatic heterocycles. The van der Waals surface area contributed by atoms with Gasteiger partial charge in [0, 0.05) is 25.2 Å². The number of nitrogens with one attached hydrogen (secondary N) is 1. The van der Waals surface area contributed by atoms with E-state index in [-0.39, 0.29) is 16.9 Å². The molecule has 0 bridgehead atoms. The van der Waals surface area contributed by atoms with Gasteiger partial charge in [0.2, 0.25) is 0 Å². The first-order valence-corrected chi connectivity index (χ1v) is 7.57. The van der Waals surface area contributed by atoms with Crippen LogP contribution in [-0.4, -0.2) is 37.0 Å². The Labute approximate surface area is 127 Å². The maximum atomic E-state index is 12.7. The quantitative estimate of drug-likeness (QED) is 0.865. The van der Waals surface area contributed by atoms with Crippen LogP contribution in [0.4, 0.5) is 13.2 Å². The average molecular weight is 312 g/mol. The van der Waals surface area contributed by atoms with Crippen LogP contribution in [0.5, 0.6) is 0 Å². The molecule has 0 unspecified atom stereocenters. The minimum absolute atomic E-state index is 0.121. The van der Waals surface area contributed by atoms with Crippen LogP contribution in [0.1, 0.15) is 35.2 Å². The maximum absolute atomic E-state index is 12.7. The van der Waals surface area contributed by atoms with Gasteiger partial charge in [-0.15, -0.1) is 0 Å². The smallest absolute Gasteiger partial charge is 0.339 e. The summed E-state index contributed by atoms with van der Waals surface area (Å²) < 4.78 is 38.2. The molecule has 3 rings (SSSR count). The average Bonchev–Trinajstić information content (AvgIpc) is 2.95. The summed E-state index contributed by atoms with van der Waals surface area (Å²) in [4.78, 5) is 14.1. The lowest BCUT2D eigenvalue weighted by Gasteiger charge is -2.39. The number of halogens is 3. The minimum atomic E-state index is -4.42. The zero-order valence-corrected chi connectivity index (χ0v) is 12.2. The molecule has 0 aliphatic carbocycles. The van der Waals surface area contributed by atoms with Gasteiger partial charge in [0.15, 0.2) is 0 Å². The van der Waals surface area contributed by atoms with Crippen LogP contribution in [0.2, 0.25) is 0 Å². The summed E-state index contributed by atoms with van der Waals surface area (Å²) in [5.41, 5.74) is -0.368. The van der Waals surface area contributed by atoms with E-state index in [1.807, 2.05) is 0 Å². The van der Waals surface area contributed by atoms with E-state index in [9.17, 15) is 18.0 Å². The van der Waals surface area contributed by atoms with Crippen molar-refractivity contribution in [3.8, 4) is 0 Å². The normalized spacial score (nSPS) is 21.3. The Bertz CT molecular complexity index is 555. The summed E-state index contributed by atoms with van der Waals surface area (Å²) in [5.74, 6) is -0.299. The highest BCUT2D eigenvalue weighted by molar-refractivity contribution is 5.94. The largest absolute Gasteiger partial charge is 0.416 e. The van der Waals surface area contributed by atoms with Crippen molar-refractivity contribution in [3.63, 3.8) is 0 Å². The highest BCUT2D eigenvalue weighted by atomic mass is 19.4. The van der Waals surface area contributed by atoms with E-state index in [2.05, 4.69) is 5.32 Å². The predicted octanol–water partition coefficient (Wildman–Crippen LogP) is 2.92. The number of benzene rings is 1. The van der Waals surface area contributed by atoms with Crippen molar-refractivity contribution in [3.05, 3.63) is 35.4 Å². The Morgan fingerprint density at radius 1 is 1.18 bits per heavy atom. The fourth-order valence-electron chi connectivity index (χ4n) is 3.42. The number of carbonyl (C=O) groups is 1. The first kappa shape index (κ1) is 15.3. The summed E-state index contributed by atoms with van der Waals surface area (Å²) in [6.07, 6.45) is -1.45. The standard InChI is InChI=1S/C16H19F3N2O/c17-16(18,19)13-3-1-2-12(10-13)14(22)21-8-5-15(6-9-21)4-7-20-11-15/h1-3,10,20H,4-9,11H2. The SMILES string of the molecule is O=C(c1cccc(C(F)(F)F)c1)N1CCC2(CCNC2)CC1. The molecule has 2 saturated heterocycles. The fourth-order valence-corrected chi connectivity index (χ4v) is 3.42. The molecule has 0 atom stereocenters. The van der Waals surface area contributed by atoms with E-state index in [1.54, 1.807) is 4.90 Å². The Kier molecular flexibility index (Phi) is 3.89. The van der Waals surface area contributed by atoms with Gasteiger partial charge in [-0.1, -0.05) is 6.07 Å². The van der Waals surface area contributed by atoms with E-state index >= 15 is 0 Å². The lowest BCUT2D eigenvalue weighted by Crippen LogP contribution is -2.44. The number of nitrogens with zero attached hydrogens (tertiary/aromatic N) is 1. The van der Waals surface area contributed by atoms with Gasteiger partial charge < -0.3 is 10.2 Å². The van der Waals surface area contributed by atoms with Crippen LogP contribution < -0.4 is 5.32 Å². The highest BCUT2D eigenvalue weighted by Crippen LogP contribution is 2.37. The summed E-state index contributed by atoms with van der Waals surface area (Å²) in [5, 5.41) is 3.35. The monoisotopic (exact) mass is 312 g/mol. The first-order valence-electron chi connectivity index (χ1n) is 7.57. The number of piperidine rings is 1. The molecular formula is C16H19F3N2O. The van der Waals surface area contributed by atoms with Crippen molar-refractivity contribution in [2.24, 2.45) is 5.41 Å². The van der Waals surface area contributed by atoms with Gasteiger partial charge in [-0.2, -0.15) is 13.2 Å². The molecule has 0 saturated carbocycles. The molecule has 22 heavy (non-hydrogen) atoms. The molecule has 1 aromatic rings. The lowest BCUT2D eigenvalue weighted by atomic mass is 9.78. The molecule has 120 valence electrons. The van der Waals surface area contributed by atoms with Gasteiger partial charge in [0.1, 0.15) is 0 Å². The Balaban J connectivity index is 1.70. The molecule has 1 aromatic carbocycles. The highest BCUT2D eigenvalue weighted by Gasteiger charge is 2.38. The summed E-state index contributed by atoms with van der Waals surface area (Å²) in [6, 6.07) is 4.69. The third-order valence-corrected chi connectivity index (χ3v) is 4.88. The topological polar surface area (TPSA) is 32.3 Å². The van der Waals surface area contributed by atoms with Gasteiger partial charge in [-0.3, -0.25) is 4.79 Å².